The highest BCUT2D eigenvalue weighted by Crippen LogP contribution is 2.28. The first-order valence-electron chi connectivity index (χ1n) is 4.32. The summed E-state index contributed by atoms with van der Waals surface area (Å²) in [5.74, 6) is 0. The number of para-hydroxylation sites is 1. The Morgan fingerprint density at radius 1 is 1.31 bits per heavy atom. The van der Waals surface area contributed by atoms with Crippen LogP contribution in [0.4, 0.5) is 5.69 Å². The molecule has 1 heterocycles. The van der Waals surface area contributed by atoms with Crippen molar-refractivity contribution in [2.45, 2.75) is 6.17 Å². The van der Waals surface area contributed by atoms with Crippen LogP contribution in [-0.2, 0) is 0 Å². The molecule has 3 heteroatoms. The second kappa shape index (κ2) is 3.18. The largest absolute Gasteiger partial charge is 0.346 e. The van der Waals surface area contributed by atoms with Gasteiger partial charge in [0.1, 0.15) is 6.17 Å². The van der Waals surface area contributed by atoms with Gasteiger partial charge in [-0.25, -0.2) is 0 Å². The van der Waals surface area contributed by atoms with E-state index in [4.69, 9.17) is 0 Å². The highest BCUT2D eigenvalue weighted by atomic mass is 15.2. The third kappa shape index (κ3) is 1.42. The Hall–Kier alpha value is -1.35. The predicted octanol–water partition coefficient (Wildman–Crippen LogP) is 1.70. The quantitative estimate of drug-likeness (QED) is 0.703. The van der Waals surface area contributed by atoms with Gasteiger partial charge in [-0.1, -0.05) is 18.2 Å². The maximum Gasteiger partial charge on any atom is 0.131 e. The minimum Gasteiger partial charge on any atom is -0.346 e. The van der Waals surface area contributed by atoms with Gasteiger partial charge in [0, 0.05) is 11.3 Å². The number of hydrogen-bond donors (Lipinski definition) is 1. The van der Waals surface area contributed by atoms with E-state index in [0.717, 1.165) is 5.69 Å². The molecule has 0 aromatic heterocycles. The molecular formula is C10H13N3. The van der Waals surface area contributed by atoms with E-state index in [1.54, 1.807) is 6.34 Å². The van der Waals surface area contributed by atoms with Crippen LogP contribution in [0.15, 0.2) is 29.3 Å². The van der Waals surface area contributed by atoms with Crippen LogP contribution in [0.1, 0.15) is 11.7 Å². The Morgan fingerprint density at radius 3 is 2.85 bits per heavy atom. The molecule has 0 spiro atoms. The Balaban J connectivity index is 2.42. The zero-order valence-electron chi connectivity index (χ0n) is 7.86. The van der Waals surface area contributed by atoms with E-state index in [2.05, 4.69) is 27.3 Å². The summed E-state index contributed by atoms with van der Waals surface area (Å²) >= 11 is 0. The molecule has 1 aliphatic heterocycles. The lowest BCUT2D eigenvalue weighted by atomic mass is 10.1. The average Bonchev–Trinajstić information content (AvgIpc) is 2.17. The van der Waals surface area contributed by atoms with E-state index >= 15 is 0 Å². The molecule has 68 valence electrons. The Morgan fingerprint density at radius 2 is 2.08 bits per heavy atom. The van der Waals surface area contributed by atoms with Gasteiger partial charge in [0.15, 0.2) is 0 Å². The van der Waals surface area contributed by atoms with Gasteiger partial charge in [0.05, 0.1) is 6.34 Å². The van der Waals surface area contributed by atoms with E-state index in [9.17, 15) is 0 Å². The standard InChI is InChI=1S/C10H13N3/c1-13(2)10-8-5-3-4-6-9(8)11-7-12-10/h3-7,10H,1-2H3,(H,11,12). The van der Waals surface area contributed by atoms with E-state index in [-0.39, 0.29) is 6.17 Å². The van der Waals surface area contributed by atoms with Gasteiger partial charge in [0.25, 0.3) is 0 Å². The number of nitrogens with one attached hydrogen (secondary N) is 1. The van der Waals surface area contributed by atoms with Crippen LogP contribution in [0.2, 0.25) is 0 Å². The summed E-state index contributed by atoms with van der Waals surface area (Å²) in [5, 5.41) is 3.13. The van der Waals surface area contributed by atoms with Gasteiger partial charge in [-0.3, -0.25) is 9.89 Å². The van der Waals surface area contributed by atoms with Gasteiger partial charge in [-0.05, 0) is 20.2 Å². The maximum atomic E-state index is 4.36. The highest BCUT2D eigenvalue weighted by molar-refractivity contribution is 5.80. The molecule has 1 aromatic carbocycles. The lowest BCUT2D eigenvalue weighted by molar-refractivity contribution is 0.310. The number of benzene rings is 1. The lowest BCUT2D eigenvalue weighted by Gasteiger charge is -2.25. The van der Waals surface area contributed by atoms with Crippen LogP contribution < -0.4 is 5.32 Å². The van der Waals surface area contributed by atoms with Crippen LogP contribution in [0.5, 0.6) is 0 Å². The molecule has 3 nitrogen and oxygen atoms in total. The zero-order chi connectivity index (χ0) is 9.26. The van der Waals surface area contributed by atoms with Crippen molar-refractivity contribution >= 4 is 12.0 Å². The van der Waals surface area contributed by atoms with Crippen molar-refractivity contribution in [3.05, 3.63) is 29.8 Å². The summed E-state index contributed by atoms with van der Waals surface area (Å²) in [6.45, 7) is 0. The zero-order valence-corrected chi connectivity index (χ0v) is 7.86. The van der Waals surface area contributed by atoms with Crippen molar-refractivity contribution in [1.29, 1.82) is 0 Å². The Bertz CT molecular complexity index is 331. The first-order chi connectivity index (χ1) is 6.29. The third-order valence-electron chi connectivity index (χ3n) is 2.16. The van der Waals surface area contributed by atoms with Crippen LogP contribution >= 0.6 is 0 Å². The number of rotatable bonds is 1. The summed E-state index contributed by atoms with van der Waals surface area (Å²) in [5.41, 5.74) is 2.38. The Kier molecular flexibility index (Phi) is 2.02. The molecule has 0 saturated carbocycles. The molecule has 1 N–H and O–H groups in total. The molecule has 1 atom stereocenters. The monoisotopic (exact) mass is 175 g/mol. The second-order valence-corrected chi connectivity index (χ2v) is 3.35. The normalized spacial score (nSPS) is 19.8. The molecule has 2 rings (SSSR count). The van der Waals surface area contributed by atoms with E-state index < -0.39 is 0 Å². The number of anilines is 1. The van der Waals surface area contributed by atoms with Crippen molar-refractivity contribution < 1.29 is 0 Å². The third-order valence-corrected chi connectivity index (χ3v) is 2.16. The van der Waals surface area contributed by atoms with Crippen molar-refractivity contribution in [2.24, 2.45) is 4.99 Å². The van der Waals surface area contributed by atoms with Gasteiger partial charge < -0.3 is 5.32 Å². The van der Waals surface area contributed by atoms with Crippen LogP contribution in [0.3, 0.4) is 0 Å². The first-order valence-corrected chi connectivity index (χ1v) is 4.32. The molecular weight excluding hydrogens is 162 g/mol. The molecule has 1 aliphatic rings. The van der Waals surface area contributed by atoms with Crippen molar-refractivity contribution in [1.82, 2.24) is 4.90 Å². The summed E-state index contributed by atoms with van der Waals surface area (Å²) in [4.78, 5) is 6.45. The van der Waals surface area contributed by atoms with Crippen molar-refractivity contribution in [3.8, 4) is 0 Å². The van der Waals surface area contributed by atoms with Crippen LogP contribution in [0.25, 0.3) is 0 Å². The lowest BCUT2D eigenvalue weighted by Crippen LogP contribution is -2.22. The molecule has 13 heavy (non-hydrogen) atoms. The van der Waals surface area contributed by atoms with Crippen LogP contribution in [0, 0.1) is 0 Å². The summed E-state index contributed by atoms with van der Waals surface area (Å²) in [6.07, 6.45) is 1.91. The SMILES string of the molecule is CN(C)C1N=CNc2ccccc21. The van der Waals surface area contributed by atoms with Gasteiger partial charge >= 0.3 is 0 Å². The Labute approximate surface area is 78.1 Å². The van der Waals surface area contributed by atoms with E-state index in [1.165, 1.54) is 5.56 Å². The number of aliphatic imine (C=N–C) groups is 1. The number of fused-ring (bicyclic) bond motifs is 1. The minimum atomic E-state index is 0.150. The number of nitrogens with zero attached hydrogens (tertiary/aromatic N) is 2. The smallest absolute Gasteiger partial charge is 0.131 e. The average molecular weight is 175 g/mol. The molecule has 1 aromatic rings. The molecule has 0 fully saturated rings. The van der Waals surface area contributed by atoms with Gasteiger partial charge in [0.2, 0.25) is 0 Å². The summed E-state index contributed by atoms with van der Waals surface area (Å²) in [7, 11) is 4.06. The van der Waals surface area contributed by atoms with Crippen molar-refractivity contribution in [2.75, 3.05) is 19.4 Å². The van der Waals surface area contributed by atoms with E-state index in [1.807, 2.05) is 26.2 Å². The highest BCUT2D eigenvalue weighted by Gasteiger charge is 2.17. The van der Waals surface area contributed by atoms with Crippen LogP contribution in [-0.4, -0.2) is 25.3 Å². The minimum absolute atomic E-state index is 0.150. The van der Waals surface area contributed by atoms with Gasteiger partial charge in [-0.15, -0.1) is 0 Å². The topological polar surface area (TPSA) is 27.6 Å². The molecule has 1 unspecified atom stereocenters. The van der Waals surface area contributed by atoms with Crippen molar-refractivity contribution in [3.63, 3.8) is 0 Å². The maximum absolute atomic E-state index is 4.36. The molecule has 0 saturated heterocycles. The fraction of sp³-hybridized carbons (Fsp3) is 0.300. The molecule has 0 bridgehead atoms. The fourth-order valence-corrected chi connectivity index (χ4v) is 1.52. The molecule has 0 radical (unpaired) electrons. The second-order valence-electron chi connectivity index (χ2n) is 3.35. The predicted molar refractivity (Wildman–Crippen MR) is 55.0 cm³/mol. The molecule has 0 amide bonds. The fourth-order valence-electron chi connectivity index (χ4n) is 1.52. The summed E-state index contributed by atoms with van der Waals surface area (Å²) < 4.78 is 0. The first kappa shape index (κ1) is 8.26. The van der Waals surface area contributed by atoms with E-state index in [0.29, 0.717) is 0 Å². The number of hydrogen-bond acceptors (Lipinski definition) is 3. The van der Waals surface area contributed by atoms with Gasteiger partial charge in [-0.2, -0.15) is 0 Å². The molecule has 0 aliphatic carbocycles. The summed E-state index contributed by atoms with van der Waals surface area (Å²) in [6, 6.07) is 8.23.